The van der Waals surface area contributed by atoms with Gasteiger partial charge in [0.25, 0.3) is 0 Å². The van der Waals surface area contributed by atoms with Gasteiger partial charge in [0, 0.05) is 0 Å². The molecule has 2 aliphatic carbocycles. The molecule has 5 rings (SSSR count). The molecule has 0 radical (unpaired) electrons. The van der Waals surface area contributed by atoms with E-state index in [4.69, 9.17) is 4.74 Å². The maximum Gasteiger partial charge on any atom is 0.238 e. The minimum Gasteiger partial charge on any atom is -0.457 e. The molecule has 3 aliphatic rings. The predicted octanol–water partition coefficient (Wildman–Crippen LogP) is 4.10. The molecule has 1 aliphatic heterocycles. The van der Waals surface area contributed by atoms with E-state index in [-0.39, 0.29) is 35.5 Å². The van der Waals surface area contributed by atoms with Crippen molar-refractivity contribution in [1.82, 2.24) is 0 Å². The second-order valence-corrected chi connectivity index (χ2v) is 7.42. The molecular formula is C22H19NO3. The summed E-state index contributed by atoms with van der Waals surface area (Å²) >= 11 is 0. The lowest BCUT2D eigenvalue weighted by molar-refractivity contribution is -0.123. The molecule has 1 saturated carbocycles. The number of carbonyl (C=O) groups is 2. The fourth-order valence-corrected chi connectivity index (χ4v) is 4.56. The molecule has 1 saturated heterocycles. The third-order valence-electron chi connectivity index (χ3n) is 5.82. The van der Waals surface area contributed by atoms with E-state index < -0.39 is 0 Å². The van der Waals surface area contributed by atoms with Crippen molar-refractivity contribution in [2.45, 2.75) is 13.3 Å². The lowest BCUT2D eigenvalue weighted by atomic mass is 9.85. The Labute approximate surface area is 152 Å². The van der Waals surface area contributed by atoms with Crippen molar-refractivity contribution in [1.29, 1.82) is 0 Å². The highest BCUT2D eigenvalue weighted by Crippen LogP contribution is 2.53. The molecule has 2 fully saturated rings. The van der Waals surface area contributed by atoms with Crippen LogP contribution in [0.1, 0.15) is 12.0 Å². The number of ether oxygens (including phenoxy) is 1. The summed E-state index contributed by atoms with van der Waals surface area (Å²) in [5.74, 6) is 1.47. The van der Waals surface area contributed by atoms with Crippen LogP contribution in [0.3, 0.4) is 0 Å². The Morgan fingerprint density at radius 1 is 0.808 bits per heavy atom. The Kier molecular flexibility index (Phi) is 3.29. The van der Waals surface area contributed by atoms with Crippen LogP contribution in [0.5, 0.6) is 11.5 Å². The first kappa shape index (κ1) is 15.4. The van der Waals surface area contributed by atoms with E-state index in [0.717, 1.165) is 12.2 Å². The van der Waals surface area contributed by atoms with Gasteiger partial charge in [0.15, 0.2) is 0 Å². The summed E-state index contributed by atoms with van der Waals surface area (Å²) in [7, 11) is 0. The minimum atomic E-state index is -0.166. The Hall–Kier alpha value is -2.88. The van der Waals surface area contributed by atoms with Crippen molar-refractivity contribution >= 4 is 17.5 Å². The zero-order valence-corrected chi connectivity index (χ0v) is 14.5. The lowest BCUT2D eigenvalue weighted by Crippen LogP contribution is -2.32. The molecule has 0 unspecified atom stereocenters. The van der Waals surface area contributed by atoms with Gasteiger partial charge in [0.2, 0.25) is 11.8 Å². The summed E-state index contributed by atoms with van der Waals surface area (Å²) in [6.07, 6.45) is 5.17. The molecule has 26 heavy (non-hydrogen) atoms. The van der Waals surface area contributed by atoms with Gasteiger partial charge in [-0.15, -0.1) is 0 Å². The van der Waals surface area contributed by atoms with Crippen LogP contribution in [0.15, 0.2) is 60.7 Å². The molecule has 4 heteroatoms. The van der Waals surface area contributed by atoms with Crippen LogP contribution in [0.2, 0.25) is 0 Å². The number of benzene rings is 2. The molecule has 4 atom stereocenters. The van der Waals surface area contributed by atoms with E-state index in [1.165, 1.54) is 10.5 Å². The first-order valence-electron chi connectivity index (χ1n) is 9.02. The summed E-state index contributed by atoms with van der Waals surface area (Å²) in [6.45, 7) is 2.03. The summed E-state index contributed by atoms with van der Waals surface area (Å²) in [5, 5.41) is 0. The zero-order valence-electron chi connectivity index (χ0n) is 14.5. The first-order chi connectivity index (χ1) is 12.6. The maximum absolute atomic E-state index is 12.8. The molecule has 0 N–H and O–H groups in total. The topological polar surface area (TPSA) is 46.6 Å². The van der Waals surface area contributed by atoms with E-state index in [9.17, 15) is 9.59 Å². The highest BCUT2D eigenvalue weighted by Gasteiger charge is 2.59. The van der Waals surface area contributed by atoms with Gasteiger partial charge >= 0.3 is 0 Å². The van der Waals surface area contributed by atoms with Gasteiger partial charge in [-0.3, -0.25) is 14.5 Å². The number of amides is 2. The highest BCUT2D eigenvalue weighted by atomic mass is 16.5. The smallest absolute Gasteiger partial charge is 0.238 e. The number of imide groups is 1. The Morgan fingerprint density at radius 2 is 1.31 bits per heavy atom. The van der Waals surface area contributed by atoms with Crippen LogP contribution in [0, 0.1) is 30.6 Å². The average molecular weight is 345 g/mol. The molecule has 2 amide bonds. The van der Waals surface area contributed by atoms with E-state index in [0.29, 0.717) is 11.4 Å². The summed E-state index contributed by atoms with van der Waals surface area (Å²) in [6, 6.07) is 15.0. The molecule has 2 aromatic rings. The van der Waals surface area contributed by atoms with Crippen molar-refractivity contribution in [2.24, 2.45) is 23.7 Å². The third kappa shape index (κ3) is 2.22. The Bertz CT molecular complexity index is 883. The third-order valence-corrected chi connectivity index (χ3v) is 5.82. The number of hydrogen-bond acceptors (Lipinski definition) is 3. The molecule has 130 valence electrons. The van der Waals surface area contributed by atoms with Crippen molar-refractivity contribution in [2.75, 3.05) is 4.90 Å². The largest absolute Gasteiger partial charge is 0.457 e. The van der Waals surface area contributed by atoms with E-state index in [2.05, 4.69) is 12.2 Å². The predicted molar refractivity (Wildman–Crippen MR) is 97.9 cm³/mol. The lowest BCUT2D eigenvalue weighted by Gasteiger charge is -2.17. The standard InChI is InChI=1S/C22H19NO3/c1-13-2-8-17(9-3-13)26-18-10-6-16(7-11-18)23-21(24)19-14-4-5-15(12-14)20(19)22(23)25/h2-11,14-15,19-20H,12H2,1H3/t14-,15+,19-,20-/m0/s1. The maximum atomic E-state index is 12.8. The highest BCUT2D eigenvalue weighted by molar-refractivity contribution is 6.22. The summed E-state index contributed by atoms with van der Waals surface area (Å²) in [4.78, 5) is 27.0. The fourth-order valence-electron chi connectivity index (χ4n) is 4.56. The van der Waals surface area contributed by atoms with Gasteiger partial charge in [-0.2, -0.15) is 0 Å². The van der Waals surface area contributed by atoms with Crippen molar-refractivity contribution in [3.8, 4) is 11.5 Å². The van der Waals surface area contributed by atoms with Crippen LogP contribution < -0.4 is 9.64 Å². The Balaban J connectivity index is 1.37. The Morgan fingerprint density at radius 3 is 1.85 bits per heavy atom. The number of allylic oxidation sites excluding steroid dienone is 2. The summed E-state index contributed by atoms with van der Waals surface area (Å²) < 4.78 is 5.82. The van der Waals surface area contributed by atoms with E-state index >= 15 is 0 Å². The molecule has 4 nitrogen and oxygen atoms in total. The van der Waals surface area contributed by atoms with Crippen LogP contribution in [-0.2, 0) is 9.59 Å². The average Bonchev–Trinajstić information content (AvgIpc) is 3.32. The molecule has 2 bridgehead atoms. The zero-order chi connectivity index (χ0) is 17.8. The monoisotopic (exact) mass is 345 g/mol. The van der Waals surface area contributed by atoms with Crippen LogP contribution >= 0.6 is 0 Å². The molecule has 2 aromatic carbocycles. The number of nitrogens with zero attached hydrogens (tertiary/aromatic N) is 1. The van der Waals surface area contributed by atoms with Crippen LogP contribution in [0.25, 0.3) is 0 Å². The molecule has 0 spiro atoms. The number of hydrogen-bond donors (Lipinski definition) is 0. The minimum absolute atomic E-state index is 0.0518. The van der Waals surface area contributed by atoms with Crippen molar-refractivity contribution in [3.05, 3.63) is 66.2 Å². The number of anilines is 1. The van der Waals surface area contributed by atoms with Gasteiger partial charge in [-0.1, -0.05) is 29.8 Å². The SMILES string of the molecule is Cc1ccc(Oc2ccc(N3C(=O)[C@@H]4[C@@H](C3=O)[C@H]3C=C[C@@H]4C3)cc2)cc1. The van der Waals surface area contributed by atoms with Crippen molar-refractivity contribution < 1.29 is 14.3 Å². The van der Waals surface area contributed by atoms with Gasteiger partial charge in [0.1, 0.15) is 11.5 Å². The number of aryl methyl sites for hydroxylation is 1. The molecular weight excluding hydrogens is 326 g/mol. The van der Waals surface area contributed by atoms with Gasteiger partial charge in [-0.25, -0.2) is 0 Å². The van der Waals surface area contributed by atoms with Gasteiger partial charge < -0.3 is 4.74 Å². The second kappa shape index (κ2) is 5.56. The fraction of sp³-hybridized carbons (Fsp3) is 0.273. The van der Waals surface area contributed by atoms with Crippen LogP contribution in [0.4, 0.5) is 5.69 Å². The number of carbonyl (C=O) groups excluding carboxylic acids is 2. The van der Waals surface area contributed by atoms with Gasteiger partial charge in [0.05, 0.1) is 17.5 Å². The summed E-state index contributed by atoms with van der Waals surface area (Å²) in [5.41, 5.74) is 1.80. The van der Waals surface area contributed by atoms with Crippen LogP contribution in [-0.4, -0.2) is 11.8 Å². The number of rotatable bonds is 3. The molecule has 1 heterocycles. The van der Waals surface area contributed by atoms with E-state index in [1.807, 2.05) is 31.2 Å². The number of fused-ring (bicyclic) bond motifs is 5. The van der Waals surface area contributed by atoms with Gasteiger partial charge in [-0.05, 0) is 61.6 Å². The quantitative estimate of drug-likeness (QED) is 0.621. The normalized spacial score (nSPS) is 28.7. The second-order valence-electron chi connectivity index (χ2n) is 7.42. The van der Waals surface area contributed by atoms with Crippen molar-refractivity contribution in [3.63, 3.8) is 0 Å². The molecule has 0 aromatic heterocycles. The van der Waals surface area contributed by atoms with E-state index in [1.54, 1.807) is 24.3 Å². The first-order valence-corrected chi connectivity index (χ1v) is 9.02.